The summed E-state index contributed by atoms with van der Waals surface area (Å²) in [4.78, 5) is 0. The Labute approximate surface area is 126 Å². The standard InChI is InChI=1S/C18H23NO2/c1-13-8-9-17(21-13)14(2)19-12-16-10-11-20-18(16)15-6-4-3-5-7-15/h3-9,14,16,18-19H,10-12H2,1-2H3. The average molecular weight is 285 g/mol. The highest BCUT2D eigenvalue weighted by Gasteiger charge is 2.29. The van der Waals surface area contributed by atoms with Crippen LogP contribution in [0.15, 0.2) is 46.9 Å². The first-order chi connectivity index (χ1) is 10.2. The Hall–Kier alpha value is -1.58. The molecule has 21 heavy (non-hydrogen) atoms. The van der Waals surface area contributed by atoms with Crippen LogP contribution < -0.4 is 5.32 Å². The van der Waals surface area contributed by atoms with E-state index < -0.39 is 0 Å². The van der Waals surface area contributed by atoms with Gasteiger partial charge in [0.05, 0.1) is 12.1 Å². The van der Waals surface area contributed by atoms with E-state index in [2.05, 4.69) is 36.5 Å². The quantitative estimate of drug-likeness (QED) is 0.901. The summed E-state index contributed by atoms with van der Waals surface area (Å²) in [6, 6.07) is 14.8. The van der Waals surface area contributed by atoms with Gasteiger partial charge in [-0.2, -0.15) is 0 Å². The Morgan fingerprint density at radius 1 is 1.19 bits per heavy atom. The van der Waals surface area contributed by atoms with Gasteiger partial charge in [-0.25, -0.2) is 0 Å². The lowest BCUT2D eigenvalue weighted by molar-refractivity contribution is 0.0897. The van der Waals surface area contributed by atoms with Gasteiger partial charge in [0, 0.05) is 19.1 Å². The average Bonchev–Trinajstić information content (AvgIpc) is 3.14. The molecule has 0 saturated carbocycles. The molecule has 112 valence electrons. The molecule has 3 heteroatoms. The van der Waals surface area contributed by atoms with Crippen molar-refractivity contribution in [1.82, 2.24) is 5.32 Å². The molecule has 0 spiro atoms. The second-order valence-electron chi connectivity index (χ2n) is 5.83. The maximum atomic E-state index is 5.93. The van der Waals surface area contributed by atoms with Crippen molar-refractivity contribution in [3.05, 3.63) is 59.5 Å². The SMILES string of the molecule is Cc1ccc(C(C)NCC2CCOC2c2ccccc2)o1. The molecule has 1 aliphatic rings. The fourth-order valence-corrected chi connectivity index (χ4v) is 2.97. The zero-order chi connectivity index (χ0) is 14.7. The molecular formula is C18H23NO2. The van der Waals surface area contributed by atoms with Crippen LogP contribution in [0.2, 0.25) is 0 Å². The molecule has 1 aromatic carbocycles. The largest absolute Gasteiger partial charge is 0.465 e. The predicted molar refractivity (Wildman–Crippen MR) is 83.1 cm³/mol. The smallest absolute Gasteiger partial charge is 0.120 e. The van der Waals surface area contributed by atoms with Crippen molar-refractivity contribution >= 4 is 0 Å². The first kappa shape index (κ1) is 14.4. The number of nitrogens with one attached hydrogen (secondary N) is 1. The Morgan fingerprint density at radius 2 is 2.00 bits per heavy atom. The topological polar surface area (TPSA) is 34.4 Å². The van der Waals surface area contributed by atoms with E-state index in [4.69, 9.17) is 9.15 Å². The van der Waals surface area contributed by atoms with E-state index in [9.17, 15) is 0 Å². The Kier molecular flexibility index (Phi) is 4.42. The van der Waals surface area contributed by atoms with Crippen LogP contribution in [-0.2, 0) is 4.74 Å². The molecule has 3 atom stereocenters. The second kappa shape index (κ2) is 6.46. The van der Waals surface area contributed by atoms with Crippen LogP contribution in [-0.4, -0.2) is 13.2 Å². The van der Waals surface area contributed by atoms with Crippen molar-refractivity contribution in [1.29, 1.82) is 0 Å². The highest BCUT2D eigenvalue weighted by molar-refractivity contribution is 5.19. The van der Waals surface area contributed by atoms with Crippen molar-refractivity contribution in [3.8, 4) is 0 Å². The molecule has 0 aliphatic carbocycles. The first-order valence-electron chi connectivity index (χ1n) is 7.70. The highest BCUT2D eigenvalue weighted by atomic mass is 16.5. The van der Waals surface area contributed by atoms with Gasteiger partial charge in [0.25, 0.3) is 0 Å². The van der Waals surface area contributed by atoms with Crippen LogP contribution in [0, 0.1) is 12.8 Å². The summed E-state index contributed by atoms with van der Waals surface area (Å²) < 4.78 is 11.6. The van der Waals surface area contributed by atoms with Gasteiger partial charge < -0.3 is 14.5 Å². The molecule has 0 radical (unpaired) electrons. The Balaban J connectivity index is 1.59. The molecule has 3 rings (SSSR count). The van der Waals surface area contributed by atoms with Crippen LogP contribution >= 0.6 is 0 Å². The number of benzene rings is 1. The molecule has 0 amide bonds. The van der Waals surface area contributed by atoms with Gasteiger partial charge in [-0.05, 0) is 38.0 Å². The molecule has 3 unspecified atom stereocenters. The maximum absolute atomic E-state index is 5.93. The summed E-state index contributed by atoms with van der Waals surface area (Å²) in [5, 5.41) is 3.58. The van der Waals surface area contributed by atoms with E-state index >= 15 is 0 Å². The summed E-state index contributed by atoms with van der Waals surface area (Å²) >= 11 is 0. The summed E-state index contributed by atoms with van der Waals surface area (Å²) in [6.45, 7) is 5.92. The number of hydrogen-bond acceptors (Lipinski definition) is 3. The van der Waals surface area contributed by atoms with Gasteiger partial charge in [-0.3, -0.25) is 0 Å². The van der Waals surface area contributed by atoms with Gasteiger partial charge in [0.1, 0.15) is 11.5 Å². The minimum atomic E-state index is 0.212. The van der Waals surface area contributed by atoms with E-state index in [1.54, 1.807) is 0 Å². The number of furan rings is 1. The zero-order valence-corrected chi connectivity index (χ0v) is 12.7. The third-order valence-electron chi connectivity index (χ3n) is 4.22. The van der Waals surface area contributed by atoms with Crippen molar-refractivity contribution in [2.75, 3.05) is 13.2 Å². The van der Waals surface area contributed by atoms with Gasteiger partial charge in [-0.15, -0.1) is 0 Å². The number of rotatable bonds is 5. The van der Waals surface area contributed by atoms with Crippen LogP contribution in [0.25, 0.3) is 0 Å². The summed E-state index contributed by atoms with van der Waals surface area (Å²) in [7, 11) is 0. The second-order valence-corrected chi connectivity index (χ2v) is 5.83. The van der Waals surface area contributed by atoms with Crippen LogP contribution in [0.4, 0.5) is 0 Å². The third-order valence-corrected chi connectivity index (χ3v) is 4.22. The number of aryl methyl sites for hydroxylation is 1. The summed E-state index contributed by atoms with van der Waals surface area (Å²) in [6.07, 6.45) is 1.32. The minimum Gasteiger partial charge on any atom is -0.465 e. The molecule has 1 saturated heterocycles. The maximum Gasteiger partial charge on any atom is 0.120 e. The molecule has 3 nitrogen and oxygen atoms in total. The van der Waals surface area contributed by atoms with Crippen molar-refractivity contribution in [3.63, 3.8) is 0 Å². The molecule has 1 fully saturated rings. The number of ether oxygens (including phenoxy) is 1. The van der Waals surface area contributed by atoms with Gasteiger partial charge in [0.2, 0.25) is 0 Å². The molecule has 1 aliphatic heterocycles. The van der Waals surface area contributed by atoms with Crippen LogP contribution in [0.5, 0.6) is 0 Å². The van der Waals surface area contributed by atoms with E-state index in [0.29, 0.717) is 5.92 Å². The lowest BCUT2D eigenvalue weighted by atomic mass is 9.95. The lowest BCUT2D eigenvalue weighted by Crippen LogP contribution is -2.27. The summed E-state index contributed by atoms with van der Waals surface area (Å²) in [5.74, 6) is 2.48. The fraction of sp³-hybridized carbons (Fsp3) is 0.444. The Bertz CT molecular complexity index is 564. The third kappa shape index (κ3) is 3.36. The van der Waals surface area contributed by atoms with E-state index in [-0.39, 0.29) is 12.1 Å². The van der Waals surface area contributed by atoms with Crippen LogP contribution in [0.1, 0.15) is 42.6 Å². The zero-order valence-electron chi connectivity index (χ0n) is 12.7. The highest BCUT2D eigenvalue weighted by Crippen LogP contribution is 2.34. The number of hydrogen-bond donors (Lipinski definition) is 1. The molecule has 2 aromatic rings. The fourth-order valence-electron chi connectivity index (χ4n) is 2.97. The first-order valence-corrected chi connectivity index (χ1v) is 7.70. The monoisotopic (exact) mass is 285 g/mol. The molecule has 0 bridgehead atoms. The summed E-state index contributed by atoms with van der Waals surface area (Å²) in [5.41, 5.74) is 1.28. The van der Waals surface area contributed by atoms with E-state index in [1.165, 1.54) is 5.56 Å². The van der Waals surface area contributed by atoms with E-state index in [0.717, 1.165) is 31.1 Å². The van der Waals surface area contributed by atoms with Gasteiger partial charge in [-0.1, -0.05) is 30.3 Å². The predicted octanol–water partition coefficient (Wildman–Crippen LogP) is 4.02. The minimum absolute atomic E-state index is 0.212. The molecule has 2 heterocycles. The Morgan fingerprint density at radius 3 is 2.71 bits per heavy atom. The molecular weight excluding hydrogens is 262 g/mol. The van der Waals surface area contributed by atoms with Crippen molar-refractivity contribution < 1.29 is 9.15 Å². The van der Waals surface area contributed by atoms with Gasteiger partial charge in [0.15, 0.2) is 0 Å². The van der Waals surface area contributed by atoms with Crippen molar-refractivity contribution in [2.24, 2.45) is 5.92 Å². The van der Waals surface area contributed by atoms with Crippen molar-refractivity contribution in [2.45, 2.75) is 32.4 Å². The normalized spacial score (nSPS) is 23.3. The molecule has 1 aromatic heterocycles. The molecule has 1 N–H and O–H groups in total. The van der Waals surface area contributed by atoms with Crippen LogP contribution in [0.3, 0.4) is 0 Å². The lowest BCUT2D eigenvalue weighted by Gasteiger charge is -2.21. The van der Waals surface area contributed by atoms with Gasteiger partial charge >= 0.3 is 0 Å². The van der Waals surface area contributed by atoms with E-state index in [1.807, 2.05) is 25.1 Å².